The maximum atomic E-state index is 13.3. The maximum Gasteiger partial charge on any atom is 0.309 e. The Hall–Kier alpha value is -4.78. The Labute approximate surface area is 251 Å². The van der Waals surface area contributed by atoms with Gasteiger partial charge in [0.05, 0.1) is 11.7 Å². The summed E-state index contributed by atoms with van der Waals surface area (Å²) in [7, 11) is 0. The van der Waals surface area contributed by atoms with Gasteiger partial charge in [0.1, 0.15) is 24.1 Å². The number of rotatable bonds is 10. The van der Waals surface area contributed by atoms with E-state index in [1.165, 1.54) is 16.3 Å². The van der Waals surface area contributed by atoms with Gasteiger partial charge in [-0.25, -0.2) is 4.57 Å². The van der Waals surface area contributed by atoms with E-state index in [4.69, 9.17) is 16.3 Å². The number of amides is 3. The molecular formula is C24H25N11O6S2. The van der Waals surface area contributed by atoms with Crippen LogP contribution < -0.4 is 31.8 Å². The van der Waals surface area contributed by atoms with Crippen LogP contribution in [0.5, 0.6) is 0 Å². The monoisotopic (exact) mass is 627 g/mol. The number of anilines is 3. The highest BCUT2D eigenvalue weighted by atomic mass is 32.2. The van der Waals surface area contributed by atoms with Gasteiger partial charge in [-0.05, 0) is 31.7 Å². The molecule has 0 unspecified atom stereocenters. The van der Waals surface area contributed by atoms with Crippen LogP contribution in [0.3, 0.4) is 0 Å². The molecule has 1 saturated carbocycles. The van der Waals surface area contributed by atoms with Crippen molar-refractivity contribution in [3.8, 4) is 0 Å². The second-order valence-corrected chi connectivity index (χ2v) is 11.8. The third kappa shape index (κ3) is 5.31. The van der Waals surface area contributed by atoms with E-state index in [1.54, 1.807) is 22.9 Å². The Bertz CT molecular complexity index is 1700. The lowest BCUT2D eigenvalue weighted by molar-refractivity contribution is -0.662. The van der Waals surface area contributed by atoms with Crippen molar-refractivity contribution < 1.29 is 33.7 Å². The normalized spacial score (nSPS) is 20.6. The van der Waals surface area contributed by atoms with Crippen molar-refractivity contribution >= 4 is 75.6 Å². The first-order valence-corrected chi connectivity index (χ1v) is 15.0. The third-order valence-electron chi connectivity index (χ3n) is 7.20. The number of carboxylic acid groups (broad SMARTS) is 1. The zero-order valence-corrected chi connectivity index (χ0v) is 24.0. The van der Waals surface area contributed by atoms with E-state index in [0.29, 0.717) is 23.4 Å². The van der Waals surface area contributed by atoms with Gasteiger partial charge in [-0.2, -0.15) is 9.36 Å². The molecule has 17 nitrogen and oxygen atoms in total. The fourth-order valence-electron chi connectivity index (χ4n) is 5.22. The Kier molecular flexibility index (Phi) is 7.57. The summed E-state index contributed by atoms with van der Waals surface area (Å²) >= 11 is 2.16. The highest BCUT2D eigenvalue weighted by Crippen LogP contribution is 2.40. The number of hydrogen-bond donors (Lipinski definition) is 4. The van der Waals surface area contributed by atoms with E-state index in [1.807, 2.05) is 0 Å². The molecule has 0 aromatic carbocycles. The van der Waals surface area contributed by atoms with Gasteiger partial charge in [0, 0.05) is 28.9 Å². The van der Waals surface area contributed by atoms with Crippen LogP contribution in [-0.2, 0) is 30.6 Å². The zero-order chi connectivity index (χ0) is 30.2. The Morgan fingerprint density at radius 2 is 2.07 bits per heavy atom. The number of nitrogen functional groups attached to an aromatic ring is 2. The number of carbonyl (C=O) groups excluding carboxylic acids is 4. The first-order chi connectivity index (χ1) is 20.7. The van der Waals surface area contributed by atoms with Crippen molar-refractivity contribution in [2.45, 2.75) is 49.7 Å². The molecule has 1 saturated heterocycles. The molecule has 5 heterocycles. The molecule has 0 radical (unpaired) electrons. The second-order valence-electron chi connectivity index (χ2n) is 9.94. The molecule has 3 aromatic heterocycles. The summed E-state index contributed by atoms with van der Waals surface area (Å²) in [5.74, 6) is -2.23. The molecule has 1 aliphatic carbocycles. The fourth-order valence-corrected chi connectivity index (χ4v) is 6.99. The number of nitrogens with zero attached hydrogens (tertiary/aromatic N) is 7. The van der Waals surface area contributed by atoms with Gasteiger partial charge in [-0.3, -0.25) is 24.6 Å². The average Bonchev–Trinajstić information content (AvgIpc) is 3.73. The quantitative estimate of drug-likeness (QED) is 0.0626. The van der Waals surface area contributed by atoms with Crippen LogP contribution in [0, 0.1) is 0 Å². The molecule has 0 spiro atoms. The number of nitrogens with one attached hydrogen (secondary N) is 2. The lowest BCUT2D eigenvalue weighted by atomic mass is 10.0. The number of aromatic nitrogens is 5. The molecule has 19 heteroatoms. The molecule has 43 heavy (non-hydrogen) atoms. The lowest BCUT2D eigenvalue weighted by Crippen LogP contribution is -2.71. The van der Waals surface area contributed by atoms with E-state index in [2.05, 4.69) is 30.2 Å². The molecule has 2 atom stereocenters. The summed E-state index contributed by atoms with van der Waals surface area (Å²) in [6.45, 7) is 0.0473. The number of oxime groups is 1. The van der Waals surface area contributed by atoms with Crippen molar-refractivity contribution in [1.82, 2.24) is 29.2 Å². The van der Waals surface area contributed by atoms with E-state index in [-0.39, 0.29) is 46.6 Å². The molecule has 6 N–H and O–H groups in total. The van der Waals surface area contributed by atoms with Crippen molar-refractivity contribution in [2.75, 3.05) is 22.5 Å². The van der Waals surface area contributed by atoms with E-state index in [0.717, 1.165) is 42.1 Å². The van der Waals surface area contributed by atoms with E-state index in [9.17, 15) is 24.3 Å². The maximum absolute atomic E-state index is 13.3. The summed E-state index contributed by atoms with van der Waals surface area (Å²) in [5, 5.41) is 25.1. The predicted molar refractivity (Wildman–Crippen MR) is 151 cm³/mol. The van der Waals surface area contributed by atoms with Crippen LogP contribution in [-0.4, -0.2) is 77.0 Å². The average molecular weight is 628 g/mol. The number of fused-ring (bicyclic) bond motifs is 2. The minimum Gasteiger partial charge on any atom is -0.543 e. The van der Waals surface area contributed by atoms with Crippen molar-refractivity contribution in [3.05, 3.63) is 35.4 Å². The molecule has 2 fully saturated rings. The number of carbonyl (C=O) groups is 4. The van der Waals surface area contributed by atoms with E-state index >= 15 is 0 Å². The fraction of sp³-hybridized carbons (Fsp3) is 0.375. The van der Waals surface area contributed by atoms with Gasteiger partial charge in [0.2, 0.25) is 17.9 Å². The molecule has 224 valence electrons. The Balaban J connectivity index is 1.23. The minimum atomic E-state index is -1.54. The number of aliphatic carboxylic acids is 1. The van der Waals surface area contributed by atoms with Gasteiger partial charge < -0.3 is 31.5 Å². The van der Waals surface area contributed by atoms with Gasteiger partial charge >= 0.3 is 5.65 Å². The number of hydrogen-bond acceptors (Lipinski definition) is 14. The lowest BCUT2D eigenvalue weighted by Gasteiger charge is -2.50. The number of nitrogens with two attached hydrogens (primary N) is 2. The van der Waals surface area contributed by atoms with E-state index < -0.39 is 29.2 Å². The summed E-state index contributed by atoms with van der Waals surface area (Å²) < 4.78 is 7.13. The zero-order valence-electron chi connectivity index (χ0n) is 22.3. The predicted octanol–water partition coefficient (Wildman–Crippen LogP) is -2.03. The summed E-state index contributed by atoms with van der Waals surface area (Å²) in [6, 6.07) is 2.19. The third-order valence-corrected chi connectivity index (χ3v) is 9.08. The van der Waals surface area contributed by atoms with Crippen molar-refractivity contribution in [3.63, 3.8) is 0 Å². The van der Waals surface area contributed by atoms with Gasteiger partial charge in [-0.15, -0.1) is 11.8 Å². The van der Waals surface area contributed by atoms with Crippen LogP contribution in [0.2, 0.25) is 0 Å². The summed E-state index contributed by atoms with van der Waals surface area (Å²) in [5.41, 5.74) is 11.9. The molecule has 3 amide bonds. The van der Waals surface area contributed by atoms with Crippen molar-refractivity contribution in [1.29, 1.82) is 0 Å². The van der Waals surface area contributed by atoms with Gasteiger partial charge in [-0.1, -0.05) is 14.8 Å². The smallest absolute Gasteiger partial charge is 0.309 e. The first kappa shape index (κ1) is 28.3. The van der Waals surface area contributed by atoms with Crippen LogP contribution in [0.25, 0.3) is 5.65 Å². The van der Waals surface area contributed by atoms with Crippen LogP contribution in [0.4, 0.5) is 16.8 Å². The highest BCUT2D eigenvalue weighted by Gasteiger charge is 2.53. The van der Waals surface area contributed by atoms with Crippen LogP contribution >= 0.6 is 23.3 Å². The van der Waals surface area contributed by atoms with Crippen molar-refractivity contribution in [2.24, 2.45) is 5.16 Å². The number of thioether (sulfide) groups is 1. The summed E-state index contributed by atoms with van der Waals surface area (Å²) in [6.07, 6.45) is 5.50. The summed E-state index contributed by atoms with van der Waals surface area (Å²) in [4.78, 5) is 60.7. The molecule has 6 rings (SSSR count). The topological polar surface area (TPSA) is 239 Å². The van der Waals surface area contributed by atoms with Gasteiger partial charge in [0.25, 0.3) is 17.6 Å². The molecule has 3 aromatic rings. The van der Waals surface area contributed by atoms with Gasteiger partial charge in [0.15, 0.2) is 17.1 Å². The number of imidazole rings is 1. The number of carboxylic acids is 1. The van der Waals surface area contributed by atoms with Crippen LogP contribution in [0.15, 0.2) is 34.8 Å². The standard InChI is InChI=1S/C24H25N11O6S2/c25-13-5-6-15-33(8-14(27-10-36)35(15)30-13)7-11-9-42-22-17(21(38)34(22)18(11)23(39)40)28-20(37)16(19-29-24(26)43-32-19)31-41-12-3-1-2-4-12/h5-6,8,10,12,17,22H,1-4,7,9H2,(H6-,25,26,27,28,29,30,32,36,37,39,40)/b31-16-/t17-,22-/m1/s1. The molecule has 3 aliphatic rings. The largest absolute Gasteiger partial charge is 0.543 e. The molecular weight excluding hydrogens is 602 g/mol. The molecule has 0 bridgehead atoms. The SMILES string of the molecule is Nc1ccc2n(n1)c(NC=O)c[n+]2CC1=C(C(=O)[O-])N2C(=O)[C@@H](NC(=O)/C(=N\OC3CCCC3)c3nsc(N)n3)[C@H]2SC1. The van der Waals surface area contributed by atoms with Crippen LogP contribution in [0.1, 0.15) is 31.5 Å². The Morgan fingerprint density at radius 1 is 1.28 bits per heavy atom. The first-order valence-electron chi connectivity index (χ1n) is 13.1. The second kappa shape index (κ2) is 11.5. The number of β-lactam (4-membered cyclic amide) rings is 1. The Morgan fingerprint density at radius 3 is 2.77 bits per heavy atom. The highest BCUT2D eigenvalue weighted by molar-refractivity contribution is 8.00. The molecule has 2 aliphatic heterocycles. The minimum absolute atomic E-state index is 0.0352.